The normalized spacial score (nSPS) is 21.2. The highest BCUT2D eigenvalue weighted by molar-refractivity contribution is 5.87. The van der Waals surface area contributed by atoms with E-state index in [2.05, 4.69) is 16.7 Å². The van der Waals surface area contributed by atoms with E-state index in [4.69, 9.17) is 12.4 Å². The van der Waals surface area contributed by atoms with Crippen LogP contribution in [0.1, 0.15) is 37.8 Å². The molecule has 0 spiro atoms. The van der Waals surface area contributed by atoms with Crippen LogP contribution in [-0.4, -0.2) is 53.9 Å². The largest absolute Gasteiger partial charge is 0.368 e. The summed E-state index contributed by atoms with van der Waals surface area (Å²) in [6.45, 7) is 14.3. The van der Waals surface area contributed by atoms with Crippen molar-refractivity contribution < 1.29 is 4.39 Å². The van der Waals surface area contributed by atoms with Crippen molar-refractivity contribution in [2.45, 2.75) is 39.2 Å². The number of benzene rings is 1. The molecule has 0 radical (unpaired) electrons. The minimum Gasteiger partial charge on any atom is -0.368 e. The Hall–Kier alpha value is -2.86. The Balaban J connectivity index is 1.75. The van der Waals surface area contributed by atoms with Gasteiger partial charge < -0.3 is 15.6 Å². The number of fused-ring (bicyclic) bond motifs is 1. The van der Waals surface area contributed by atoms with E-state index < -0.39 is 17.1 Å². The van der Waals surface area contributed by atoms with Gasteiger partial charge in [0.15, 0.2) is 0 Å². The zero-order valence-electron chi connectivity index (χ0n) is 18.3. The van der Waals surface area contributed by atoms with Gasteiger partial charge in [0.1, 0.15) is 5.82 Å². The van der Waals surface area contributed by atoms with Crippen LogP contribution in [0.4, 0.5) is 10.1 Å². The molecule has 8 nitrogen and oxygen atoms in total. The number of aryl methyl sites for hydroxylation is 1. The van der Waals surface area contributed by atoms with Crippen molar-refractivity contribution in [2.24, 2.45) is 5.41 Å². The maximum absolute atomic E-state index is 15.3. The van der Waals surface area contributed by atoms with Gasteiger partial charge in [-0.3, -0.25) is 14.3 Å². The SMILES string of the molecule is [C-]#[N+]CCN(C)CC1(C)CCN(c2c(F)cc3c(=O)n(N)c(=O)n(C4CC4)c3c2C)C1. The van der Waals surface area contributed by atoms with Gasteiger partial charge in [-0.05, 0) is 44.7 Å². The van der Waals surface area contributed by atoms with Crippen LogP contribution < -0.4 is 22.0 Å². The molecule has 0 bridgehead atoms. The van der Waals surface area contributed by atoms with Crippen LogP contribution in [0.25, 0.3) is 15.7 Å². The van der Waals surface area contributed by atoms with E-state index in [9.17, 15) is 9.59 Å². The molecule has 0 amide bonds. The molecule has 2 N–H and O–H groups in total. The summed E-state index contributed by atoms with van der Waals surface area (Å²) in [6, 6.07) is 1.24. The number of nitrogen functional groups attached to an aromatic ring is 1. The zero-order chi connectivity index (χ0) is 22.5. The maximum atomic E-state index is 15.3. The van der Waals surface area contributed by atoms with Crippen molar-refractivity contribution >= 4 is 16.6 Å². The van der Waals surface area contributed by atoms with Crippen LogP contribution in [0, 0.1) is 24.7 Å². The number of halogens is 1. The first-order valence-corrected chi connectivity index (χ1v) is 10.7. The van der Waals surface area contributed by atoms with E-state index in [1.807, 2.05) is 11.9 Å². The molecule has 1 aliphatic heterocycles. The first-order chi connectivity index (χ1) is 14.7. The molecule has 1 atom stereocenters. The van der Waals surface area contributed by atoms with Crippen molar-refractivity contribution in [1.29, 1.82) is 0 Å². The number of rotatable bonds is 6. The highest BCUT2D eigenvalue weighted by Gasteiger charge is 2.37. The molecule has 1 saturated heterocycles. The number of anilines is 1. The molecule has 166 valence electrons. The predicted octanol–water partition coefficient (Wildman–Crippen LogP) is 1.73. The van der Waals surface area contributed by atoms with E-state index in [1.54, 1.807) is 11.5 Å². The second-order valence-electron chi connectivity index (χ2n) is 9.39. The fourth-order valence-electron chi connectivity index (χ4n) is 5.01. The van der Waals surface area contributed by atoms with E-state index in [1.165, 1.54) is 6.07 Å². The number of likely N-dealkylation sites (N-methyl/N-ethyl adjacent to an activating group) is 1. The lowest BCUT2D eigenvalue weighted by molar-refractivity contribution is 0.217. The standard InChI is InChI=1S/C22H29FN6O2/c1-14-18-16(20(30)29(24)21(31)28(18)15-5-6-15)11-17(23)19(14)27-9-7-22(2,13-27)12-26(4)10-8-25-3/h11,15H,5-10,12-13,24H2,1-2,4H3. The highest BCUT2D eigenvalue weighted by atomic mass is 19.1. The number of nitrogens with two attached hydrogens (primary N) is 1. The van der Waals surface area contributed by atoms with Gasteiger partial charge >= 0.3 is 5.69 Å². The van der Waals surface area contributed by atoms with Crippen LogP contribution in [0.3, 0.4) is 0 Å². The molecule has 2 aromatic rings. The maximum Gasteiger partial charge on any atom is 0.350 e. The van der Waals surface area contributed by atoms with Crippen molar-refractivity contribution in [1.82, 2.24) is 14.1 Å². The van der Waals surface area contributed by atoms with Crippen LogP contribution in [0.5, 0.6) is 0 Å². The molecule has 1 saturated carbocycles. The Morgan fingerprint density at radius 1 is 1.39 bits per heavy atom. The Labute approximate surface area is 180 Å². The van der Waals surface area contributed by atoms with Crippen molar-refractivity contribution in [3.8, 4) is 0 Å². The molecule has 4 rings (SSSR count). The third-order valence-electron chi connectivity index (χ3n) is 6.60. The fourth-order valence-corrected chi connectivity index (χ4v) is 5.01. The van der Waals surface area contributed by atoms with Gasteiger partial charge in [-0.1, -0.05) is 6.92 Å². The van der Waals surface area contributed by atoms with E-state index in [0.717, 1.165) is 25.8 Å². The third-order valence-corrected chi connectivity index (χ3v) is 6.60. The smallest absolute Gasteiger partial charge is 0.350 e. The van der Waals surface area contributed by atoms with Gasteiger partial charge in [0, 0.05) is 31.2 Å². The molecule has 1 aromatic carbocycles. The van der Waals surface area contributed by atoms with Crippen LogP contribution >= 0.6 is 0 Å². The minimum absolute atomic E-state index is 0.00218. The second kappa shape index (κ2) is 7.68. The third kappa shape index (κ3) is 3.69. The molecular formula is C22H29FN6O2. The molecular weight excluding hydrogens is 399 g/mol. The summed E-state index contributed by atoms with van der Waals surface area (Å²) in [5, 5.41) is 0.147. The van der Waals surface area contributed by atoms with Gasteiger partial charge in [0.2, 0.25) is 6.54 Å². The summed E-state index contributed by atoms with van der Waals surface area (Å²) in [7, 11) is 2.01. The fraction of sp³-hybridized carbons (Fsp3) is 0.591. The minimum atomic E-state index is -0.668. The molecule has 1 aliphatic carbocycles. The quantitative estimate of drug-likeness (QED) is 0.560. The first kappa shape index (κ1) is 21.4. The summed E-state index contributed by atoms with van der Waals surface area (Å²) in [5.41, 5.74) is 0.316. The van der Waals surface area contributed by atoms with Gasteiger partial charge in [0.05, 0.1) is 23.1 Å². The summed E-state index contributed by atoms with van der Waals surface area (Å²) >= 11 is 0. The van der Waals surface area contributed by atoms with Gasteiger partial charge in [-0.15, -0.1) is 0 Å². The lowest BCUT2D eigenvalue weighted by Crippen LogP contribution is -2.44. The lowest BCUT2D eigenvalue weighted by atomic mass is 9.89. The zero-order valence-corrected chi connectivity index (χ0v) is 18.3. The molecule has 1 unspecified atom stereocenters. The van der Waals surface area contributed by atoms with Crippen molar-refractivity contribution in [3.05, 3.63) is 49.7 Å². The average Bonchev–Trinajstić information content (AvgIpc) is 3.48. The van der Waals surface area contributed by atoms with E-state index in [-0.39, 0.29) is 16.8 Å². The van der Waals surface area contributed by atoms with Gasteiger partial charge in [0.25, 0.3) is 5.56 Å². The summed E-state index contributed by atoms with van der Waals surface area (Å²) in [5.74, 6) is 5.24. The van der Waals surface area contributed by atoms with Crippen molar-refractivity contribution in [3.63, 3.8) is 0 Å². The Bertz CT molecular complexity index is 1190. The molecule has 2 aliphatic rings. The summed E-state index contributed by atoms with van der Waals surface area (Å²) in [4.78, 5) is 32.9. The Kier molecular flexibility index (Phi) is 5.30. The molecule has 2 fully saturated rings. The van der Waals surface area contributed by atoms with Gasteiger partial charge in [-0.25, -0.2) is 15.8 Å². The van der Waals surface area contributed by atoms with Crippen LogP contribution in [0.2, 0.25) is 0 Å². The van der Waals surface area contributed by atoms with Crippen LogP contribution in [0.15, 0.2) is 15.7 Å². The summed E-state index contributed by atoms with van der Waals surface area (Å²) < 4.78 is 17.5. The number of aromatic nitrogens is 2. The Morgan fingerprint density at radius 2 is 2.10 bits per heavy atom. The number of nitrogens with zero attached hydrogens (tertiary/aromatic N) is 5. The van der Waals surface area contributed by atoms with E-state index in [0.29, 0.717) is 47.6 Å². The predicted molar refractivity (Wildman–Crippen MR) is 119 cm³/mol. The summed E-state index contributed by atoms with van der Waals surface area (Å²) in [6.07, 6.45) is 2.59. The van der Waals surface area contributed by atoms with Crippen molar-refractivity contribution in [2.75, 3.05) is 50.5 Å². The molecule has 2 heterocycles. The Morgan fingerprint density at radius 3 is 2.74 bits per heavy atom. The first-order valence-electron chi connectivity index (χ1n) is 10.7. The highest BCUT2D eigenvalue weighted by Crippen LogP contribution is 2.41. The van der Waals surface area contributed by atoms with Crippen LogP contribution in [-0.2, 0) is 0 Å². The van der Waals surface area contributed by atoms with Gasteiger partial charge in [-0.2, -0.15) is 4.68 Å². The lowest BCUT2D eigenvalue weighted by Gasteiger charge is -2.30. The molecule has 9 heteroatoms. The second-order valence-corrected chi connectivity index (χ2v) is 9.39. The molecule has 31 heavy (non-hydrogen) atoms. The number of hydrogen-bond donors (Lipinski definition) is 1. The molecule has 1 aromatic heterocycles. The monoisotopic (exact) mass is 428 g/mol. The van der Waals surface area contributed by atoms with E-state index >= 15 is 4.39 Å². The number of hydrogen-bond acceptors (Lipinski definition) is 5. The average molecular weight is 429 g/mol. The topological polar surface area (TPSA) is 80.9 Å².